The lowest BCUT2D eigenvalue weighted by Gasteiger charge is -2.29. The van der Waals surface area contributed by atoms with Gasteiger partial charge in [-0.3, -0.25) is 10.1 Å². The molecule has 0 unspecified atom stereocenters. The molecule has 0 radical (unpaired) electrons. The van der Waals surface area contributed by atoms with Crippen molar-refractivity contribution in [2.24, 2.45) is 0 Å². The molecule has 2 heterocycles. The lowest BCUT2D eigenvalue weighted by molar-refractivity contribution is 0.0225. The maximum Gasteiger partial charge on any atom is 0.410 e. The highest BCUT2D eigenvalue weighted by Crippen LogP contribution is 2.30. The van der Waals surface area contributed by atoms with E-state index in [1.54, 1.807) is 17.0 Å². The number of hydrogen-bond acceptors (Lipinski definition) is 6. The summed E-state index contributed by atoms with van der Waals surface area (Å²) in [5, 5.41) is 3.43. The number of nitrogens with one attached hydrogen (secondary N) is 1. The van der Waals surface area contributed by atoms with Crippen molar-refractivity contribution in [3.8, 4) is 5.75 Å². The van der Waals surface area contributed by atoms with Crippen LogP contribution < -0.4 is 10.1 Å². The van der Waals surface area contributed by atoms with Gasteiger partial charge in [0.15, 0.2) is 5.13 Å². The van der Waals surface area contributed by atoms with Crippen LogP contribution in [0.25, 0.3) is 0 Å². The summed E-state index contributed by atoms with van der Waals surface area (Å²) in [6.07, 6.45) is 5.26. The van der Waals surface area contributed by atoms with Gasteiger partial charge < -0.3 is 14.4 Å². The van der Waals surface area contributed by atoms with E-state index in [-0.39, 0.29) is 12.0 Å². The first-order valence-corrected chi connectivity index (χ1v) is 11.6. The number of anilines is 1. The lowest BCUT2D eigenvalue weighted by Crippen LogP contribution is -2.39. The number of thiazole rings is 1. The van der Waals surface area contributed by atoms with E-state index in [4.69, 9.17) is 9.47 Å². The molecule has 1 saturated carbocycles. The van der Waals surface area contributed by atoms with Crippen LogP contribution in [0.4, 0.5) is 9.93 Å². The van der Waals surface area contributed by atoms with Gasteiger partial charge in [0.1, 0.15) is 11.4 Å². The molecule has 8 heteroatoms. The Labute approximate surface area is 186 Å². The molecule has 0 atom stereocenters. The Hall–Kier alpha value is -2.61. The van der Waals surface area contributed by atoms with E-state index >= 15 is 0 Å². The van der Waals surface area contributed by atoms with E-state index in [1.165, 1.54) is 24.2 Å². The zero-order valence-corrected chi connectivity index (χ0v) is 19.1. The van der Waals surface area contributed by atoms with Gasteiger partial charge in [-0.05, 0) is 70.7 Å². The molecule has 0 bridgehead atoms. The van der Waals surface area contributed by atoms with Gasteiger partial charge in [0, 0.05) is 23.4 Å². The van der Waals surface area contributed by atoms with Gasteiger partial charge >= 0.3 is 6.09 Å². The minimum atomic E-state index is -0.526. The summed E-state index contributed by atoms with van der Waals surface area (Å²) in [6, 6.07) is 7.24. The van der Waals surface area contributed by atoms with Crippen molar-refractivity contribution < 1.29 is 19.1 Å². The highest BCUT2D eigenvalue weighted by Gasteiger charge is 2.28. The van der Waals surface area contributed by atoms with Gasteiger partial charge in [0.25, 0.3) is 5.91 Å². The first-order valence-electron chi connectivity index (χ1n) is 10.8. The van der Waals surface area contributed by atoms with Gasteiger partial charge in [-0.25, -0.2) is 9.78 Å². The number of aromatic nitrogens is 1. The molecule has 1 N–H and O–H groups in total. The Morgan fingerprint density at radius 2 is 1.87 bits per heavy atom. The fourth-order valence-electron chi connectivity index (χ4n) is 3.78. The summed E-state index contributed by atoms with van der Waals surface area (Å²) < 4.78 is 11.4. The van der Waals surface area contributed by atoms with E-state index in [2.05, 4.69) is 10.3 Å². The van der Waals surface area contributed by atoms with Crippen molar-refractivity contribution >= 4 is 28.5 Å². The Morgan fingerprint density at radius 1 is 1.16 bits per heavy atom. The van der Waals surface area contributed by atoms with Crippen molar-refractivity contribution in [2.75, 3.05) is 11.9 Å². The molecule has 2 aromatic rings. The van der Waals surface area contributed by atoms with E-state index in [1.807, 2.05) is 32.9 Å². The first-order chi connectivity index (χ1) is 14.8. The topological polar surface area (TPSA) is 80.8 Å². The van der Waals surface area contributed by atoms with Crippen LogP contribution >= 0.6 is 11.3 Å². The smallest absolute Gasteiger partial charge is 0.410 e. The maximum atomic E-state index is 12.6. The van der Waals surface area contributed by atoms with Crippen molar-refractivity contribution in [3.63, 3.8) is 0 Å². The fourth-order valence-corrected chi connectivity index (χ4v) is 4.80. The van der Waals surface area contributed by atoms with Crippen LogP contribution in [-0.4, -0.2) is 40.1 Å². The van der Waals surface area contributed by atoms with Crippen LogP contribution in [0.5, 0.6) is 5.75 Å². The molecule has 1 fully saturated rings. The van der Waals surface area contributed by atoms with E-state index in [0.717, 1.165) is 29.2 Å². The summed E-state index contributed by atoms with van der Waals surface area (Å²) in [4.78, 5) is 32.2. The number of carbonyl (C=O) groups excluding carboxylic acids is 2. The summed E-state index contributed by atoms with van der Waals surface area (Å²) >= 11 is 1.40. The number of carbonyl (C=O) groups is 2. The molecule has 1 aliphatic heterocycles. The van der Waals surface area contributed by atoms with Crippen molar-refractivity contribution in [2.45, 2.75) is 71.1 Å². The summed E-state index contributed by atoms with van der Waals surface area (Å²) in [7, 11) is 0. The zero-order valence-electron chi connectivity index (χ0n) is 18.3. The van der Waals surface area contributed by atoms with Crippen LogP contribution in [0.1, 0.15) is 67.4 Å². The molecule has 31 heavy (non-hydrogen) atoms. The predicted octanol–water partition coefficient (Wildman–Crippen LogP) is 5.01. The highest BCUT2D eigenvalue weighted by atomic mass is 32.1. The van der Waals surface area contributed by atoms with Gasteiger partial charge in [-0.1, -0.05) is 11.3 Å². The van der Waals surface area contributed by atoms with E-state index in [9.17, 15) is 9.59 Å². The van der Waals surface area contributed by atoms with Crippen molar-refractivity contribution in [3.05, 3.63) is 40.4 Å². The SMILES string of the molecule is CC(C)(C)OC(=O)N1CCc2nc(NC(=O)c3ccc(OC4CCCC4)cc3)sc2C1. The van der Waals surface area contributed by atoms with E-state index in [0.29, 0.717) is 36.3 Å². The summed E-state index contributed by atoms with van der Waals surface area (Å²) in [5.41, 5.74) is 0.963. The third kappa shape index (κ3) is 5.55. The van der Waals surface area contributed by atoms with Gasteiger partial charge in [0.05, 0.1) is 18.3 Å². The Morgan fingerprint density at radius 3 is 2.55 bits per heavy atom. The molecule has 2 aliphatic rings. The second kappa shape index (κ2) is 8.86. The predicted molar refractivity (Wildman–Crippen MR) is 120 cm³/mol. The number of ether oxygens (including phenoxy) is 2. The first kappa shape index (κ1) is 21.6. The van der Waals surface area contributed by atoms with E-state index < -0.39 is 5.60 Å². The second-order valence-electron chi connectivity index (χ2n) is 9.04. The molecule has 7 nitrogen and oxygen atoms in total. The summed E-state index contributed by atoms with van der Waals surface area (Å²) in [5.74, 6) is 0.595. The van der Waals surface area contributed by atoms with Crippen LogP contribution in [0.15, 0.2) is 24.3 Å². The van der Waals surface area contributed by atoms with Gasteiger partial charge in [0.2, 0.25) is 0 Å². The number of hydrogen-bond donors (Lipinski definition) is 1. The summed E-state index contributed by atoms with van der Waals surface area (Å²) in [6.45, 7) is 6.57. The van der Waals surface area contributed by atoms with Gasteiger partial charge in [-0.2, -0.15) is 0 Å². The normalized spacial score (nSPS) is 16.7. The molecule has 4 rings (SSSR count). The Bertz CT molecular complexity index is 943. The van der Waals surface area contributed by atoms with Crippen LogP contribution in [-0.2, 0) is 17.7 Å². The molecule has 1 aromatic carbocycles. The quantitative estimate of drug-likeness (QED) is 0.718. The molecular weight excluding hydrogens is 414 g/mol. The third-order valence-corrected chi connectivity index (χ3v) is 6.32. The second-order valence-corrected chi connectivity index (χ2v) is 10.1. The van der Waals surface area contributed by atoms with Crippen LogP contribution in [0, 0.1) is 0 Å². The zero-order chi connectivity index (χ0) is 22.0. The average molecular weight is 444 g/mol. The fraction of sp³-hybridized carbons (Fsp3) is 0.522. The largest absolute Gasteiger partial charge is 0.490 e. The number of amides is 2. The van der Waals surface area contributed by atoms with Crippen LogP contribution in [0.2, 0.25) is 0 Å². The monoisotopic (exact) mass is 443 g/mol. The van der Waals surface area contributed by atoms with Crippen LogP contribution in [0.3, 0.4) is 0 Å². The van der Waals surface area contributed by atoms with Crippen molar-refractivity contribution in [1.82, 2.24) is 9.88 Å². The molecular formula is C23H29N3O4S. The molecule has 0 saturated heterocycles. The number of fused-ring (bicyclic) bond motifs is 1. The lowest BCUT2D eigenvalue weighted by atomic mass is 10.2. The number of benzene rings is 1. The Balaban J connectivity index is 1.35. The minimum Gasteiger partial charge on any atom is -0.490 e. The molecule has 0 spiro atoms. The van der Waals surface area contributed by atoms with Crippen molar-refractivity contribution in [1.29, 1.82) is 0 Å². The molecule has 1 aliphatic carbocycles. The molecule has 2 amide bonds. The molecule has 166 valence electrons. The minimum absolute atomic E-state index is 0.206. The molecule has 1 aromatic heterocycles. The highest BCUT2D eigenvalue weighted by molar-refractivity contribution is 7.15. The van der Waals surface area contributed by atoms with Gasteiger partial charge in [-0.15, -0.1) is 0 Å². The standard InChI is InChI=1S/C23H29N3O4S/c1-23(2,3)30-22(28)26-13-12-18-19(14-26)31-21(24-18)25-20(27)15-8-10-17(11-9-15)29-16-6-4-5-7-16/h8-11,16H,4-7,12-14H2,1-3H3,(H,24,25,27). The average Bonchev–Trinajstić information content (AvgIpc) is 3.35. The third-order valence-electron chi connectivity index (χ3n) is 5.32. The Kier molecular flexibility index (Phi) is 6.18. The maximum absolute atomic E-state index is 12.6. The number of nitrogens with zero attached hydrogens (tertiary/aromatic N) is 2. The number of rotatable bonds is 4.